The van der Waals surface area contributed by atoms with Crippen LogP contribution >= 0.6 is 0 Å². The number of fused-ring (bicyclic) bond motifs is 2. The lowest BCUT2D eigenvalue weighted by Crippen LogP contribution is -2.57. The van der Waals surface area contributed by atoms with Crippen molar-refractivity contribution in [2.45, 2.75) is 108 Å². The molecule has 0 aromatic heterocycles. The van der Waals surface area contributed by atoms with Gasteiger partial charge in [-0.05, 0) is 48.7 Å². The Bertz CT molecular complexity index is 1160. The zero-order valence-corrected chi connectivity index (χ0v) is 24.7. The van der Waals surface area contributed by atoms with Crippen LogP contribution in [0.1, 0.15) is 95.9 Å². The highest BCUT2D eigenvalue weighted by atomic mass is 16.8. The number of esters is 4. The second kappa shape index (κ2) is 6.73. The number of cyclic esters (lactones) is 4. The Morgan fingerprint density at radius 3 is 0.947 bits per heavy atom. The standard InChI is InChI=1S/C30H40O8/c1-15-17-23(3,4)28(12)14-30(21(33)37-26(9,10)38-22(30)34)16(2)18(28)24(5,6)27(17,11)13-29(15)19(31)35-25(7,8)36-20(29)32/h13-14H2,1-12H3/t27-,28-/m0/s1. The summed E-state index contributed by atoms with van der Waals surface area (Å²) in [6, 6.07) is 0. The van der Waals surface area contributed by atoms with Crippen LogP contribution in [0.3, 0.4) is 0 Å². The third-order valence-corrected chi connectivity index (χ3v) is 11.1. The molecule has 0 aromatic rings. The lowest BCUT2D eigenvalue weighted by atomic mass is 9.40. The van der Waals surface area contributed by atoms with Crippen molar-refractivity contribution in [2.24, 2.45) is 32.5 Å². The van der Waals surface area contributed by atoms with Crippen LogP contribution in [0.5, 0.6) is 0 Å². The van der Waals surface area contributed by atoms with Crippen molar-refractivity contribution >= 4 is 23.9 Å². The van der Waals surface area contributed by atoms with Gasteiger partial charge in [0.25, 0.3) is 11.6 Å². The second-order valence-corrected chi connectivity index (χ2v) is 14.4. The molecule has 1 saturated carbocycles. The van der Waals surface area contributed by atoms with E-state index in [4.69, 9.17) is 18.9 Å². The molecule has 0 radical (unpaired) electrons. The fourth-order valence-electron chi connectivity index (χ4n) is 9.04. The summed E-state index contributed by atoms with van der Waals surface area (Å²) in [5.74, 6) is -5.05. The molecule has 0 amide bonds. The zero-order valence-electron chi connectivity index (χ0n) is 24.7. The summed E-state index contributed by atoms with van der Waals surface area (Å²) >= 11 is 0. The van der Waals surface area contributed by atoms with Crippen molar-refractivity contribution in [3.63, 3.8) is 0 Å². The van der Waals surface area contributed by atoms with E-state index < -0.39 is 67.9 Å². The smallest absolute Gasteiger partial charge is 0.331 e. The molecular formula is C30H40O8. The van der Waals surface area contributed by atoms with Gasteiger partial charge in [-0.15, -0.1) is 0 Å². The van der Waals surface area contributed by atoms with E-state index >= 15 is 0 Å². The second-order valence-electron chi connectivity index (χ2n) is 14.4. The first-order valence-electron chi connectivity index (χ1n) is 13.4. The van der Waals surface area contributed by atoms with Crippen molar-refractivity contribution in [3.8, 4) is 0 Å². The van der Waals surface area contributed by atoms with Gasteiger partial charge in [-0.2, -0.15) is 0 Å². The largest absolute Gasteiger partial charge is 0.422 e. The summed E-state index contributed by atoms with van der Waals surface area (Å²) in [4.78, 5) is 54.6. The molecule has 38 heavy (non-hydrogen) atoms. The molecule has 5 aliphatic rings. The summed E-state index contributed by atoms with van der Waals surface area (Å²) < 4.78 is 22.7. The van der Waals surface area contributed by atoms with Gasteiger partial charge in [-0.1, -0.05) is 52.7 Å². The molecule has 0 bridgehead atoms. The van der Waals surface area contributed by atoms with E-state index in [1.807, 2.05) is 13.8 Å². The summed E-state index contributed by atoms with van der Waals surface area (Å²) in [5.41, 5.74) is -2.60. The number of ether oxygens (including phenoxy) is 4. The van der Waals surface area contributed by atoms with Crippen molar-refractivity contribution in [1.29, 1.82) is 0 Å². The summed E-state index contributed by atoms with van der Waals surface area (Å²) in [7, 11) is 0. The van der Waals surface area contributed by atoms with Crippen molar-refractivity contribution in [2.75, 3.05) is 0 Å². The normalized spacial score (nSPS) is 36.9. The summed E-state index contributed by atoms with van der Waals surface area (Å²) in [5, 5.41) is 0. The summed E-state index contributed by atoms with van der Waals surface area (Å²) in [6.07, 6.45) is 0.347. The highest BCUT2D eigenvalue weighted by Crippen LogP contribution is 2.80. The van der Waals surface area contributed by atoms with Crippen molar-refractivity contribution in [3.05, 3.63) is 22.3 Å². The minimum Gasteiger partial charge on any atom is -0.422 e. The highest BCUT2D eigenvalue weighted by molar-refractivity contribution is 6.07. The average molecular weight is 529 g/mol. The van der Waals surface area contributed by atoms with E-state index in [2.05, 4.69) is 41.5 Å². The van der Waals surface area contributed by atoms with Gasteiger partial charge < -0.3 is 18.9 Å². The van der Waals surface area contributed by atoms with E-state index in [-0.39, 0.29) is 12.8 Å². The number of hydrogen-bond donors (Lipinski definition) is 0. The van der Waals surface area contributed by atoms with Gasteiger partial charge in [0.05, 0.1) is 0 Å². The van der Waals surface area contributed by atoms with Gasteiger partial charge in [-0.3, -0.25) is 19.2 Å². The molecule has 8 heteroatoms. The molecule has 5 rings (SSSR count). The predicted molar refractivity (Wildman–Crippen MR) is 136 cm³/mol. The molecule has 0 aromatic carbocycles. The van der Waals surface area contributed by atoms with Gasteiger partial charge >= 0.3 is 23.9 Å². The summed E-state index contributed by atoms with van der Waals surface area (Å²) in [6.45, 7) is 22.4. The fraction of sp³-hybridized carbons (Fsp3) is 0.733. The molecule has 2 saturated heterocycles. The predicted octanol–water partition coefficient (Wildman–Crippen LogP) is 5.15. The van der Waals surface area contributed by atoms with Gasteiger partial charge in [-0.25, -0.2) is 0 Å². The van der Waals surface area contributed by atoms with Crippen LogP contribution in [0.25, 0.3) is 0 Å². The number of rotatable bonds is 0. The van der Waals surface area contributed by atoms with Crippen LogP contribution in [0.15, 0.2) is 22.3 Å². The number of hydrogen-bond acceptors (Lipinski definition) is 8. The van der Waals surface area contributed by atoms with Gasteiger partial charge in [0, 0.05) is 38.5 Å². The Kier molecular flexibility index (Phi) is 4.77. The van der Waals surface area contributed by atoms with E-state index in [9.17, 15) is 19.2 Å². The Morgan fingerprint density at radius 1 is 0.474 bits per heavy atom. The quantitative estimate of drug-likeness (QED) is 0.241. The average Bonchev–Trinajstić information content (AvgIpc) is 3.12. The molecule has 0 N–H and O–H groups in total. The molecule has 208 valence electrons. The first-order chi connectivity index (χ1) is 17.0. The van der Waals surface area contributed by atoms with Gasteiger partial charge in [0.15, 0.2) is 10.8 Å². The van der Waals surface area contributed by atoms with Crippen LogP contribution in [0.2, 0.25) is 0 Å². The maximum Gasteiger partial charge on any atom is 0.331 e. The topological polar surface area (TPSA) is 105 Å². The van der Waals surface area contributed by atoms with Crippen LogP contribution in [0, 0.1) is 32.5 Å². The Morgan fingerprint density at radius 2 is 0.711 bits per heavy atom. The van der Waals surface area contributed by atoms with Crippen LogP contribution < -0.4 is 0 Å². The Hall–Kier alpha value is -2.64. The maximum absolute atomic E-state index is 13.7. The number of carbonyl (C=O) groups is 4. The minimum absolute atomic E-state index is 0.174. The van der Waals surface area contributed by atoms with E-state index in [1.165, 1.54) is 0 Å². The minimum atomic E-state index is -1.55. The third-order valence-electron chi connectivity index (χ3n) is 11.1. The molecule has 2 spiro atoms. The van der Waals surface area contributed by atoms with Crippen LogP contribution in [-0.2, 0) is 38.1 Å². The lowest BCUT2D eigenvalue weighted by Gasteiger charge is -2.63. The maximum atomic E-state index is 13.7. The first kappa shape index (κ1) is 26.9. The first-order valence-corrected chi connectivity index (χ1v) is 13.4. The third kappa shape index (κ3) is 2.63. The fourth-order valence-corrected chi connectivity index (χ4v) is 9.04. The molecule has 3 aliphatic carbocycles. The van der Waals surface area contributed by atoms with Gasteiger partial charge in [0.1, 0.15) is 0 Å². The SMILES string of the molecule is CC1=C2C(C)(C)[C@@]3(C)CC4(C(=O)OC(C)(C)OC4=O)C(C)=C3C(C)(C)[C@@]2(C)CC12C(=O)OC(C)(C)OC2=O. The van der Waals surface area contributed by atoms with Crippen LogP contribution in [-0.4, -0.2) is 35.5 Å². The van der Waals surface area contributed by atoms with E-state index in [0.29, 0.717) is 11.1 Å². The van der Waals surface area contributed by atoms with Gasteiger partial charge in [0.2, 0.25) is 0 Å². The molecule has 2 atom stereocenters. The molecule has 2 aliphatic heterocycles. The van der Waals surface area contributed by atoms with Crippen molar-refractivity contribution < 1.29 is 38.1 Å². The Balaban J connectivity index is 1.78. The van der Waals surface area contributed by atoms with E-state index in [0.717, 1.165) is 11.1 Å². The van der Waals surface area contributed by atoms with Crippen LogP contribution in [0.4, 0.5) is 0 Å². The molecule has 8 nitrogen and oxygen atoms in total. The monoisotopic (exact) mass is 528 g/mol. The van der Waals surface area contributed by atoms with E-state index in [1.54, 1.807) is 27.7 Å². The number of allylic oxidation sites excluding steroid dienone is 2. The molecule has 3 fully saturated rings. The highest BCUT2D eigenvalue weighted by Gasteiger charge is 2.78. The zero-order chi connectivity index (χ0) is 28.9. The molecular weight excluding hydrogens is 488 g/mol. The van der Waals surface area contributed by atoms with Crippen molar-refractivity contribution in [1.82, 2.24) is 0 Å². The molecule has 2 heterocycles. The Labute approximate surface area is 224 Å². The molecule has 0 unspecified atom stereocenters. The lowest BCUT2D eigenvalue weighted by molar-refractivity contribution is -0.251. The number of carbonyl (C=O) groups excluding carboxylic acids is 4.